The Morgan fingerprint density at radius 2 is 1.42 bits per heavy atom. The van der Waals surface area contributed by atoms with Crippen LogP contribution in [0.5, 0.6) is 0 Å². The number of fused-ring (bicyclic) bond motifs is 1. The van der Waals surface area contributed by atoms with Crippen molar-refractivity contribution < 1.29 is 0 Å². The van der Waals surface area contributed by atoms with Crippen LogP contribution >= 0.6 is 0 Å². The van der Waals surface area contributed by atoms with E-state index < -0.39 is 21.1 Å². The van der Waals surface area contributed by atoms with Crippen molar-refractivity contribution >= 4 is 35.6 Å². The topological polar surface area (TPSA) is 12.9 Å². The molecular formula is C22H33NSn. The Morgan fingerprint density at radius 3 is 2.00 bits per heavy atom. The summed E-state index contributed by atoms with van der Waals surface area (Å²) in [7, 11) is 0. The van der Waals surface area contributed by atoms with Crippen LogP contribution in [-0.4, -0.2) is 26.1 Å². The fourth-order valence-electron chi connectivity index (χ4n) is 3.58. The number of aromatic nitrogens is 1. The van der Waals surface area contributed by atoms with Crippen LogP contribution in [0.15, 0.2) is 36.5 Å². The number of hydrogen-bond donors (Lipinski definition) is 0. The van der Waals surface area contributed by atoms with E-state index in [1.165, 1.54) is 72.3 Å². The quantitative estimate of drug-likeness (QED) is 0.382. The summed E-state index contributed by atoms with van der Waals surface area (Å²) in [5, 5.41) is 2.80. The van der Waals surface area contributed by atoms with Gasteiger partial charge in [0, 0.05) is 0 Å². The Bertz CT molecular complexity index is 581. The maximum atomic E-state index is 4.89. The van der Waals surface area contributed by atoms with Crippen molar-refractivity contribution in [2.75, 3.05) is 0 Å². The van der Waals surface area contributed by atoms with Crippen molar-refractivity contribution in [3.8, 4) is 0 Å². The molecule has 0 aliphatic heterocycles. The van der Waals surface area contributed by atoms with Crippen LogP contribution in [0.4, 0.5) is 0 Å². The molecule has 1 heterocycles. The molecule has 2 heteroatoms. The molecule has 1 nitrogen and oxygen atoms in total. The third-order valence-electron chi connectivity index (χ3n) is 5.08. The summed E-state index contributed by atoms with van der Waals surface area (Å²) in [5.41, 5.74) is 0. The molecule has 2 aromatic rings. The van der Waals surface area contributed by atoms with Crippen LogP contribution < -0.4 is 3.71 Å². The Morgan fingerprint density at radius 1 is 0.833 bits per heavy atom. The van der Waals surface area contributed by atoms with Crippen molar-refractivity contribution in [1.82, 2.24) is 4.98 Å². The van der Waals surface area contributed by atoms with Gasteiger partial charge in [-0.15, -0.1) is 0 Å². The SMILES string of the molecule is CCCC[C](CCCC)(CCCC)[Sn][c]1nccc2ccccc12. The first kappa shape index (κ1) is 19.7. The standard InChI is InChI=1S/C13H27.C9H6N.Sn/c1-4-7-10-13(11-8-5-2)12-9-6-3;1-2-4-9-7-10-6-5-8(9)3-1;/h4-12H2,1-3H3;1-6H;. The zero-order valence-electron chi connectivity index (χ0n) is 15.8. The second kappa shape index (κ2) is 10.4. The van der Waals surface area contributed by atoms with E-state index in [2.05, 4.69) is 51.1 Å². The third kappa shape index (κ3) is 5.47. The molecule has 130 valence electrons. The molecule has 0 N–H and O–H groups in total. The summed E-state index contributed by atoms with van der Waals surface area (Å²) < 4.78 is 2.10. The van der Waals surface area contributed by atoms with E-state index in [0.717, 1.165) is 0 Å². The van der Waals surface area contributed by atoms with Crippen molar-refractivity contribution in [2.24, 2.45) is 0 Å². The second-order valence-electron chi connectivity index (χ2n) is 7.10. The monoisotopic (exact) mass is 431 g/mol. The summed E-state index contributed by atoms with van der Waals surface area (Å²) >= 11 is -0.744. The average molecular weight is 430 g/mol. The van der Waals surface area contributed by atoms with Gasteiger partial charge in [0.25, 0.3) is 0 Å². The van der Waals surface area contributed by atoms with Crippen LogP contribution in [0.1, 0.15) is 78.6 Å². The molecule has 0 atom stereocenters. The van der Waals surface area contributed by atoms with Crippen LogP contribution in [-0.2, 0) is 0 Å². The second-order valence-corrected chi connectivity index (χ2v) is 12.2. The molecule has 0 fully saturated rings. The fraction of sp³-hybridized carbons (Fsp3) is 0.591. The third-order valence-corrected chi connectivity index (χ3v) is 10.6. The van der Waals surface area contributed by atoms with Crippen molar-refractivity contribution in [3.05, 3.63) is 36.5 Å². The van der Waals surface area contributed by atoms with Gasteiger partial charge in [0.2, 0.25) is 0 Å². The first-order valence-electron chi connectivity index (χ1n) is 9.86. The number of hydrogen-bond acceptors (Lipinski definition) is 1. The average Bonchev–Trinajstić information content (AvgIpc) is 2.63. The molecule has 0 spiro atoms. The van der Waals surface area contributed by atoms with Gasteiger partial charge >= 0.3 is 159 Å². The van der Waals surface area contributed by atoms with E-state index in [0.29, 0.717) is 3.43 Å². The zero-order valence-corrected chi connectivity index (χ0v) is 18.6. The molecule has 2 rings (SSSR count). The first-order valence-corrected chi connectivity index (χ1v) is 12.7. The number of benzene rings is 1. The molecule has 0 amide bonds. The summed E-state index contributed by atoms with van der Waals surface area (Å²) in [5.74, 6) is 0. The van der Waals surface area contributed by atoms with Crippen molar-refractivity contribution in [1.29, 1.82) is 0 Å². The Hall–Kier alpha value is -0.571. The normalized spacial score (nSPS) is 12.0. The number of pyridine rings is 1. The molecule has 1 aromatic carbocycles. The number of rotatable bonds is 11. The van der Waals surface area contributed by atoms with Crippen LogP contribution in [0, 0.1) is 0 Å². The summed E-state index contributed by atoms with van der Waals surface area (Å²) in [6, 6.07) is 11.0. The predicted octanol–water partition coefficient (Wildman–Crippen LogP) is 6.29. The summed E-state index contributed by atoms with van der Waals surface area (Å²) in [4.78, 5) is 4.89. The van der Waals surface area contributed by atoms with Gasteiger partial charge in [-0.3, -0.25) is 0 Å². The van der Waals surface area contributed by atoms with Gasteiger partial charge in [0.15, 0.2) is 0 Å². The molecule has 0 bridgehead atoms. The summed E-state index contributed by atoms with van der Waals surface area (Å²) in [6.07, 6.45) is 14.5. The molecule has 0 saturated heterocycles. The van der Waals surface area contributed by atoms with Crippen molar-refractivity contribution in [2.45, 2.75) is 82.0 Å². The van der Waals surface area contributed by atoms with Gasteiger partial charge in [-0.1, -0.05) is 0 Å². The van der Waals surface area contributed by atoms with Crippen molar-refractivity contribution in [3.63, 3.8) is 0 Å². The Kier molecular flexibility index (Phi) is 8.58. The molecule has 24 heavy (non-hydrogen) atoms. The molecule has 1 aromatic heterocycles. The molecular weight excluding hydrogens is 397 g/mol. The van der Waals surface area contributed by atoms with E-state index in [-0.39, 0.29) is 0 Å². The van der Waals surface area contributed by atoms with E-state index in [9.17, 15) is 0 Å². The van der Waals surface area contributed by atoms with E-state index >= 15 is 0 Å². The van der Waals surface area contributed by atoms with Gasteiger partial charge in [0.05, 0.1) is 0 Å². The van der Waals surface area contributed by atoms with Crippen LogP contribution in [0.2, 0.25) is 3.43 Å². The maximum absolute atomic E-state index is 4.89. The van der Waals surface area contributed by atoms with Gasteiger partial charge < -0.3 is 0 Å². The number of unbranched alkanes of at least 4 members (excludes halogenated alkanes) is 3. The summed E-state index contributed by atoms with van der Waals surface area (Å²) in [6.45, 7) is 7.02. The molecule has 0 aliphatic rings. The van der Waals surface area contributed by atoms with E-state index in [4.69, 9.17) is 4.98 Å². The molecule has 0 aliphatic carbocycles. The van der Waals surface area contributed by atoms with E-state index in [1.54, 1.807) is 0 Å². The minimum absolute atomic E-state index is 0.614. The van der Waals surface area contributed by atoms with Crippen LogP contribution in [0.25, 0.3) is 10.8 Å². The van der Waals surface area contributed by atoms with Crippen LogP contribution in [0.3, 0.4) is 0 Å². The zero-order chi connectivity index (χ0) is 17.3. The van der Waals surface area contributed by atoms with Gasteiger partial charge in [-0.25, -0.2) is 0 Å². The number of nitrogens with zero attached hydrogens (tertiary/aromatic N) is 1. The van der Waals surface area contributed by atoms with Gasteiger partial charge in [-0.2, -0.15) is 0 Å². The Balaban J connectivity index is 2.32. The van der Waals surface area contributed by atoms with Gasteiger partial charge in [-0.05, 0) is 0 Å². The first-order chi connectivity index (χ1) is 11.7. The Labute approximate surface area is 158 Å². The minimum atomic E-state index is -0.744. The fourth-order valence-corrected chi connectivity index (χ4v) is 9.03. The molecule has 2 radical (unpaired) electrons. The van der Waals surface area contributed by atoms with E-state index in [1.807, 2.05) is 6.20 Å². The molecule has 0 unspecified atom stereocenters. The predicted molar refractivity (Wildman–Crippen MR) is 108 cm³/mol. The van der Waals surface area contributed by atoms with Gasteiger partial charge in [0.1, 0.15) is 0 Å². The molecule has 0 saturated carbocycles.